The van der Waals surface area contributed by atoms with Crippen LogP contribution in [0.25, 0.3) is 0 Å². The number of nitrogens with zero attached hydrogens (tertiary/aromatic N) is 3. The average molecular weight is 468 g/mol. The highest BCUT2D eigenvalue weighted by atomic mass is 16.5. The van der Waals surface area contributed by atoms with Crippen molar-refractivity contribution in [1.29, 1.82) is 0 Å². The summed E-state index contributed by atoms with van der Waals surface area (Å²) in [6.45, 7) is 6.04. The van der Waals surface area contributed by atoms with Gasteiger partial charge in [0.25, 0.3) is 0 Å². The van der Waals surface area contributed by atoms with Gasteiger partial charge in [-0.15, -0.1) is 0 Å². The molecule has 0 spiro atoms. The van der Waals surface area contributed by atoms with Gasteiger partial charge in [0, 0.05) is 32.0 Å². The summed E-state index contributed by atoms with van der Waals surface area (Å²) in [5.41, 5.74) is 1.14. The van der Waals surface area contributed by atoms with Gasteiger partial charge in [-0.3, -0.25) is 4.90 Å². The molecular formula is C26H33N3O5. The van der Waals surface area contributed by atoms with Crippen molar-refractivity contribution in [3.05, 3.63) is 72.3 Å². The summed E-state index contributed by atoms with van der Waals surface area (Å²) in [7, 11) is 1.64. The minimum absolute atomic E-state index is 0.166. The van der Waals surface area contributed by atoms with E-state index in [1.165, 1.54) is 5.56 Å². The zero-order valence-electron chi connectivity index (χ0n) is 19.9. The molecule has 1 atom stereocenters. The lowest BCUT2D eigenvalue weighted by molar-refractivity contribution is -0.0646. The highest BCUT2D eigenvalue weighted by Crippen LogP contribution is 2.29. The van der Waals surface area contributed by atoms with Crippen LogP contribution in [0.5, 0.6) is 17.2 Å². The number of methoxy groups -OCH3 is 1. The summed E-state index contributed by atoms with van der Waals surface area (Å²) in [5.74, 6) is 2.13. The molecule has 8 nitrogen and oxygen atoms in total. The fraction of sp³-hybridized carbons (Fsp3) is 0.423. The average Bonchev–Trinajstić information content (AvgIpc) is 3.29. The van der Waals surface area contributed by atoms with Gasteiger partial charge < -0.3 is 28.6 Å². The molecule has 2 aromatic carbocycles. The number of ether oxygens (including phenoxy) is 4. The fourth-order valence-corrected chi connectivity index (χ4v) is 3.94. The SMILES string of the molecule is COc1cc(CN2CCOC[C@@](O)(COc3ccc(C)cc3)C2)ccc1OCCn1ccnc1. The molecule has 34 heavy (non-hydrogen) atoms. The first-order chi connectivity index (χ1) is 16.5. The molecular weight excluding hydrogens is 434 g/mol. The summed E-state index contributed by atoms with van der Waals surface area (Å²) in [6.07, 6.45) is 5.42. The number of aromatic nitrogens is 2. The topological polar surface area (TPSA) is 78.2 Å². The Labute approximate surface area is 200 Å². The summed E-state index contributed by atoms with van der Waals surface area (Å²) >= 11 is 0. The van der Waals surface area contributed by atoms with Gasteiger partial charge >= 0.3 is 0 Å². The summed E-state index contributed by atoms with van der Waals surface area (Å²) < 4.78 is 25.0. The van der Waals surface area contributed by atoms with Crippen LogP contribution in [0.4, 0.5) is 0 Å². The van der Waals surface area contributed by atoms with Crippen LogP contribution in [0.1, 0.15) is 11.1 Å². The number of rotatable bonds is 10. The summed E-state index contributed by atoms with van der Waals surface area (Å²) in [5, 5.41) is 11.2. The zero-order valence-corrected chi connectivity index (χ0v) is 19.9. The van der Waals surface area contributed by atoms with Crippen LogP contribution < -0.4 is 14.2 Å². The second-order valence-corrected chi connectivity index (χ2v) is 8.72. The molecule has 0 saturated carbocycles. The maximum atomic E-state index is 11.2. The van der Waals surface area contributed by atoms with Crippen LogP contribution in [-0.2, 0) is 17.8 Å². The normalized spacial score (nSPS) is 18.9. The molecule has 1 fully saturated rings. The Morgan fingerprint density at radius 2 is 1.97 bits per heavy atom. The molecule has 8 heteroatoms. The quantitative estimate of drug-likeness (QED) is 0.491. The number of hydrogen-bond donors (Lipinski definition) is 1. The van der Waals surface area contributed by atoms with Crippen LogP contribution in [0.3, 0.4) is 0 Å². The Morgan fingerprint density at radius 1 is 1.12 bits per heavy atom. The monoisotopic (exact) mass is 467 g/mol. The maximum Gasteiger partial charge on any atom is 0.161 e. The zero-order chi connectivity index (χ0) is 23.8. The summed E-state index contributed by atoms with van der Waals surface area (Å²) in [4.78, 5) is 6.22. The van der Waals surface area contributed by atoms with E-state index >= 15 is 0 Å². The highest BCUT2D eigenvalue weighted by Gasteiger charge is 2.33. The van der Waals surface area contributed by atoms with E-state index in [4.69, 9.17) is 18.9 Å². The van der Waals surface area contributed by atoms with E-state index < -0.39 is 5.60 Å². The van der Waals surface area contributed by atoms with Gasteiger partial charge in [-0.05, 0) is 36.8 Å². The second kappa shape index (κ2) is 11.4. The van der Waals surface area contributed by atoms with E-state index in [-0.39, 0.29) is 13.2 Å². The largest absolute Gasteiger partial charge is 0.493 e. The third kappa shape index (κ3) is 6.72. The lowest BCUT2D eigenvalue weighted by atomic mass is 10.1. The third-order valence-corrected chi connectivity index (χ3v) is 5.77. The Balaban J connectivity index is 1.34. The van der Waals surface area contributed by atoms with Gasteiger partial charge in [-0.1, -0.05) is 23.8 Å². The minimum Gasteiger partial charge on any atom is -0.493 e. The lowest BCUT2D eigenvalue weighted by Gasteiger charge is -2.30. The van der Waals surface area contributed by atoms with Crippen molar-refractivity contribution in [2.45, 2.75) is 25.6 Å². The Kier molecular flexibility index (Phi) is 8.05. The van der Waals surface area contributed by atoms with Gasteiger partial charge in [0.15, 0.2) is 11.5 Å². The molecule has 1 saturated heterocycles. The van der Waals surface area contributed by atoms with Gasteiger partial charge in [-0.2, -0.15) is 0 Å². The minimum atomic E-state index is -1.10. The van der Waals surface area contributed by atoms with E-state index in [1.807, 2.05) is 60.2 Å². The van der Waals surface area contributed by atoms with Crippen molar-refractivity contribution in [3.8, 4) is 17.2 Å². The molecule has 3 aromatic rings. The van der Waals surface area contributed by atoms with Gasteiger partial charge in [-0.25, -0.2) is 4.98 Å². The van der Waals surface area contributed by atoms with Gasteiger partial charge in [0.1, 0.15) is 24.6 Å². The van der Waals surface area contributed by atoms with Crippen molar-refractivity contribution in [3.63, 3.8) is 0 Å². The van der Waals surface area contributed by atoms with Crippen LogP contribution >= 0.6 is 0 Å². The molecule has 1 aromatic heterocycles. The van der Waals surface area contributed by atoms with E-state index in [0.717, 1.165) is 17.9 Å². The number of benzene rings is 2. The molecule has 0 amide bonds. The fourth-order valence-electron chi connectivity index (χ4n) is 3.94. The second-order valence-electron chi connectivity index (χ2n) is 8.72. The molecule has 1 aliphatic rings. The lowest BCUT2D eigenvalue weighted by Crippen LogP contribution is -2.48. The number of aliphatic hydroxyl groups is 1. The van der Waals surface area contributed by atoms with Crippen LogP contribution in [0.15, 0.2) is 61.2 Å². The number of imidazole rings is 1. The standard InChI is InChI=1S/C26H33N3O5/c1-21-3-6-23(7-4-21)34-19-26(30)17-29(11-13-32-18-26)16-22-5-8-24(25(15-22)31-2)33-14-12-28-10-9-27-20-28/h3-10,15,20,30H,11-14,16-19H2,1-2H3/t26-/m1/s1. The van der Waals surface area contributed by atoms with E-state index in [0.29, 0.717) is 44.3 Å². The molecule has 1 aliphatic heterocycles. The molecule has 2 heterocycles. The highest BCUT2D eigenvalue weighted by molar-refractivity contribution is 5.43. The van der Waals surface area contributed by atoms with Gasteiger partial charge in [0.2, 0.25) is 0 Å². The first-order valence-electron chi connectivity index (χ1n) is 11.5. The van der Waals surface area contributed by atoms with Gasteiger partial charge in [0.05, 0.1) is 33.2 Å². The number of hydrogen-bond acceptors (Lipinski definition) is 7. The molecule has 0 unspecified atom stereocenters. The van der Waals surface area contributed by atoms with Crippen molar-refractivity contribution in [2.24, 2.45) is 0 Å². The van der Waals surface area contributed by atoms with Crippen LogP contribution in [-0.4, -0.2) is 71.8 Å². The Hall–Kier alpha value is -3.07. The third-order valence-electron chi connectivity index (χ3n) is 5.77. The van der Waals surface area contributed by atoms with E-state index in [9.17, 15) is 5.11 Å². The van der Waals surface area contributed by atoms with Crippen molar-refractivity contribution in [2.75, 3.05) is 46.6 Å². The Morgan fingerprint density at radius 3 is 2.74 bits per heavy atom. The molecule has 0 bridgehead atoms. The summed E-state index contributed by atoms with van der Waals surface area (Å²) in [6, 6.07) is 13.8. The molecule has 0 radical (unpaired) electrons. The first kappa shape index (κ1) is 24.1. The van der Waals surface area contributed by atoms with Crippen molar-refractivity contribution in [1.82, 2.24) is 14.5 Å². The number of aryl methyl sites for hydroxylation is 1. The molecule has 182 valence electrons. The molecule has 4 rings (SSSR count). The van der Waals surface area contributed by atoms with Crippen LogP contribution in [0.2, 0.25) is 0 Å². The smallest absolute Gasteiger partial charge is 0.161 e. The number of β-amino-alcohol motifs (C(OH)–C–C–N with tert-alkyl or cyclic N) is 1. The Bertz CT molecular complexity index is 1030. The first-order valence-corrected chi connectivity index (χ1v) is 11.5. The van der Waals surface area contributed by atoms with Crippen molar-refractivity contribution >= 4 is 0 Å². The molecule has 0 aliphatic carbocycles. The molecule has 1 N–H and O–H groups in total. The predicted molar refractivity (Wildman–Crippen MR) is 128 cm³/mol. The predicted octanol–water partition coefficient (Wildman–Crippen LogP) is 2.92. The maximum absolute atomic E-state index is 11.2. The van der Waals surface area contributed by atoms with Crippen molar-refractivity contribution < 1.29 is 24.1 Å². The van der Waals surface area contributed by atoms with E-state index in [2.05, 4.69) is 9.88 Å². The van der Waals surface area contributed by atoms with E-state index in [1.54, 1.807) is 19.6 Å². The van der Waals surface area contributed by atoms with Crippen LogP contribution in [0, 0.1) is 6.92 Å².